The van der Waals surface area contributed by atoms with Crippen LogP contribution < -0.4 is 16.0 Å². The van der Waals surface area contributed by atoms with E-state index in [0.717, 1.165) is 22.5 Å². The molecule has 4 aromatic heterocycles. The smallest absolute Gasteiger partial charge is 0.414 e. The zero-order valence-electron chi connectivity index (χ0n) is 43.4. The van der Waals surface area contributed by atoms with Crippen LogP contribution in [0.4, 0.5) is 13.6 Å². The zero-order chi connectivity index (χ0) is 56.1. The molecule has 2 atom stereocenters. The molecule has 0 saturated heterocycles. The predicted octanol–water partition coefficient (Wildman–Crippen LogP) is 13.3. The van der Waals surface area contributed by atoms with Gasteiger partial charge in [0.25, 0.3) is 11.8 Å². The maximum atomic E-state index is 13.8. The Bertz CT molecular complexity index is 3620. The highest BCUT2D eigenvalue weighted by Crippen LogP contribution is 2.38. The van der Waals surface area contributed by atoms with Gasteiger partial charge in [-0.3, -0.25) is 24.5 Å². The molecule has 10 rings (SSSR count). The van der Waals surface area contributed by atoms with E-state index in [-0.39, 0.29) is 30.0 Å². The Morgan fingerprint density at radius 3 is 1.59 bits per heavy atom. The summed E-state index contributed by atoms with van der Waals surface area (Å²) >= 11 is 25.5. The van der Waals surface area contributed by atoms with Crippen molar-refractivity contribution in [2.24, 2.45) is 0 Å². The number of nitrogens with zero attached hydrogens (tertiary/aromatic N) is 7. The van der Waals surface area contributed by atoms with Crippen LogP contribution in [0, 0.1) is 11.6 Å². The number of benzene rings is 4. The number of fused-ring (bicyclic) bond motifs is 2. The minimum Gasteiger partial charge on any atom is -0.443 e. The average molecular weight is 1140 g/mol. The molecule has 0 saturated carbocycles. The molecule has 0 bridgehead atoms. The molecule has 2 aliphatic rings. The van der Waals surface area contributed by atoms with Crippen LogP contribution in [0.2, 0.25) is 20.1 Å². The van der Waals surface area contributed by atoms with Crippen molar-refractivity contribution in [1.29, 1.82) is 0 Å². The molecule has 0 radical (unpaired) electrons. The van der Waals surface area contributed by atoms with Gasteiger partial charge in [0.15, 0.2) is 11.4 Å². The van der Waals surface area contributed by atoms with Gasteiger partial charge in [0, 0.05) is 46.7 Å². The number of carbonyl (C=O) groups excluding carboxylic acids is 3. The topological polar surface area (TPSA) is 161 Å². The number of amides is 3. The van der Waals surface area contributed by atoms with E-state index in [4.69, 9.17) is 61.3 Å². The molecule has 4 aromatic carbocycles. The lowest BCUT2D eigenvalue weighted by molar-refractivity contribution is 0.0350. The van der Waals surface area contributed by atoms with Gasteiger partial charge < -0.3 is 20.7 Å². The zero-order valence-corrected chi connectivity index (χ0v) is 46.4. The van der Waals surface area contributed by atoms with Gasteiger partial charge in [0.1, 0.15) is 17.2 Å². The summed E-state index contributed by atoms with van der Waals surface area (Å²) in [6.45, 7) is 9.89. The normalized spacial score (nSPS) is 14.7. The van der Waals surface area contributed by atoms with Crippen molar-refractivity contribution >= 4 is 87.9 Å². The highest BCUT2D eigenvalue weighted by molar-refractivity contribution is 6.36. The van der Waals surface area contributed by atoms with Crippen LogP contribution in [-0.4, -0.2) is 71.0 Å². The van der Waals surface area contributed by atoms with Crippen LogP contribution >= 0.6 is 46.4 Å². The number of carbonyl (C=O) groups is 3. The van der Waals surface area contributed by atoms with Crippen molar-refractivity contribution in [3.8, 4) is 11.4 Å². The predicted molar refractivity (Wildman–Crippen MR) is 304 cm³/mol. The third-order valence-corrected chi connectivity index (χ3v) is 13.7. The summed E-state index contributed by atoms with van der Waals surface area (Å²) in [6.07, 6.45) is 7.31. The highest BCUT2D eigenvalue weighted by Gasteiger charge is 2.37. The van der Waals surface area contributed by atoms with Crippen molar-refractivity contribution < 1.29 is 27.9 Å². The lowest BCUT2D eigenvalue weighted by atomic mass is 9.99. The fraction of sp³-hybridized carbons (Fsp3) is 0.203. The quantitative estimate of drug-likeness (QED) is 0.121. The van der Waals surface area contributed by atoms with Crippen molar-refractivity contribution in [1.82, 2.24) is 50.4 Å². The van der Waals surface area contributed by atoms with Crippen molar-refractivity contribution in [3.05, 3.63) is 222 Å². The van der Waals surface area contributed by atoms with Crippen molar-refractivity contribution in [2.75, 3.05) is 13.1 Å². The van der Waals surface area contributed by atoms with Gasteiger partial charge >= 0.3 is 6.09 Å². The first kappa shape index (κ1) is 55.9. The fourth-order valence-electron chi connectivity index (χ4n) is 8.97. The number of halogens is 6. The summed E-state index contributed by atoms with van der Waals surface area (Å²) in [5.74, 6) is -1.43. The molecule has 3 N–H and O–H groups in total. The van der Waals surface area contributed by atoms with E-state index in [1.165, 1.54) is 29.2 Å². The van der Waals surface area contributed by atoms with Crippen LogP contribution in [-0.2, 0) is 17.6 Å². The van der Waals surface area contributed by atoms with Crippen LogP contribution in [0.3, 0.4) is 0 Å². The third kappa shape index (κ3) is 13.0. The van der Waals surface area contributed by atoms with E-state index < -0.39 is 29.5 Å². The lowest BCUT2D eigenvalue weighted by Gasteiger charge is -2.32. The van der Waals surface area contributed by atoms with Crippen LogP contribution in [0.1, 0.15) is 113 Å². The summed E-state index contributed by atoms with van der Waals surface area (Å²) in [7, 11) is 0. The summed E-state index contributed by atoms with van der Waals surface area (Å²) in [4.78, 5) is 50.9. The number of rotatable bonds is 10. The van der Waals surface area contributed by atoms with Crippen molar-refractivity contribution in [3.63, 3.8) is 0 Å². The molecule has 0 aliphatic carbocycles. The lowest BCUT2D eigenvalue weighted by Crippen LogP contribution is -2.40. The van der Waals surface area contributed by atoms with E-state index in [9.17, 15) is 23.2 Å². The van der Waals surface area contributed by atoms with Gasteiger partial charge in [-0.1, -0.05) is 82.8 Å². The molecule has 2 unspecified atom stereocenters. The minimum atomic E-state index is -0.759. The number of hydrogen-bond donors (Lipinski definition) is 3. The number of ether oxygens (including phenoxy) is 1. The Kier molecular flexibility index (Phi) is 17.0. The van der Waals surface area contributed by atoms with Crippen LogP contribution in [0.25, 0.3) is 34.9 Å². The first-order chi connectivity index (χ1) is 37.8. The molecule has 6 heterocycles. The van der Waals surface area contributed by atoms with Gasteiger partial charge in [0.2, 0.25) is 0 Å². The summed E-state index contributed by atoms with van der Waals surface area (Å²) < 4.78 is 36.2. The number of aromatic nitrogens is 6. The van der Waals surface area contributed by atoms with E-state index in [1.54, 1.807) is 115 Å². The molecule has 14 nitrogen and oxygen atoms in total. The SMILES string of the molecule is CC(NC(=O)c1nn(-c2ccc(Cl)cc2Cl)c2c1CCN(C(=O)OC(C)(C)C)/C2=C\c1ccc(F)cc1)c1ccccn1.CC(NC(=O)c1nn(-c2ccc(Cl)cc2Cl)c2c1CCN/C2=C\c1ccc(F)cc1)c1ccccn1. The van der Waals surface area contributed by atoms with E-state index in [2.05, 4.69) is 25.9 Å². The van der Waals surface area contributed by atoms with Crippen LogP contribution in [0.15, 0.2) is 134 Å². The maximum absolute atomic E-state index is 13.8. The van der Waals surface area contributed by atoms with E-state index in [1.807, 2.05) is 50.3 Å². The molecule has 0 fully saturated rings. The second-order valence-corrected chi connectivity index (χ2v) is 21.2. The first-order valence-corrected chi connectivity index (χ1v) is 26.6. The average Bonchev–Trinajstić information content (AvgIpc) is 4.26. The Labute approximate surface area is 475 Å². The Morgan fingerprint density at radius 2 is 1.13 bits per heavy atom. The van der Waals surface area contributed by atoms with Gasteiger partial charge in [-0.25, -0.2) is 22.9 Å². The van der Waals surface area contributed by atoms with E-state index in [0.29, 0.717) is 90.5 Å². The molecular formula is C59H52Cl4F2N10O4. The standard InChI is InChI=1S/C32H30Cl2FN5O3.C27H22Cl2FN5O/c1-19(25-7-5-6-15-36-25)37-30(41)28-23-14-16-39(31(42)43-32(2,3)4)27(17-20-8-11-22(35)12-9-20)29(23)40(38-28)26-13-10-21(33)18-24(26)34;1-16(22-4-2-3-12-31-22)33-27(36)25-20-11-13-32-23(14-17-5-8-19(30)9-6-17)26(20)35(34-25)24-10-7-18(28)15-21(24)29/h5-13,15,17-19H,14,16H2,1-4H3,(H,37,41);2-10,12,14-16,32H,11,13H2,1H3,(H,33,36)/b27-17-;23-14-. The molecule has 0 spiro atoms. The molecule has 8 aromatic rings. The maximum Gasteiger partial charge on any atom is 0.414 e. The second kappa shape index (κ2) is 24.0. The number of hydrogen-bond acceptors (Lipinski definition) is 9. The molecule has 20 heteroatoms. The summed E-state index contributed by atoms with van der Waals surface area (Å²) in [6, 6.07) is 32.4. The van der Waals surface area contributed by atoms with Gasteiger partial charge in [0.05, 0.1) is 67.7 Å². The van der Waals surface area contributed by atoms with Gasteiger partial charge in [-0.15, -0.1) is 0 Å². The number of pyridine rings is 2. The Morgan fingerprint density at radius 1 is 0.646 bits per heavy atom. The van der Waals surface area contributed by atoms with Gasteiger partial charge in [-0.05, 0) is 156 Å². The fourth-order valence-corrected chi connectivity index (χ4v) is 9.95. The summed E-state index contributed by atoms with van der Waals surface area (Å²) in [5.41, 5.74) is 7.40. The molecule has 79 heavy (non-hydrogen) atoms. The highest BCUT2D eigenvalue weighted by atomic mass is 35.5. The molecule has 404 valence electrons. The number of nitrogens with one attached hydrogen (secondary N) is 3. The Hall–Kier alpha value is -7.89. The third-order valence-electron chi connectivity index (χ3n) is 12.7. The van der Waals surface area contributed by atoms with Crippen molar-refractivity contribution in [2.45, 2.75) is 65.1 Å². The molecule has 2 aliphatic heterocycles. The Balaban J connectivity index is 0.000000195. The van der Waals surface area contributed by atoms with Crippen LogP contribution in [0.5, 0.6) is 0 Å². The second-order valence-electron chi connectivity index (χ2n) is 19.5. The first-order valence-electron chi connectivity index (χ1n) is 25.1. The molecular weight excluding hydrogens is 1090 g/mol. The largest absolute Gasteiger partial charge is 0.443 e. The minimum absolute atomic E-state index is 0.178. The van der Waals surface area contributed by atoms with E-state index >= 15 is 0 Å². The van der Waals surface area contributed by atoms with Gasteiger partial charge in [-0.2, -0.15) is 10.2 Å². The monoisotopic (exact) mass is 1140 g/mol. The molecule has 3 amide bonds. The summed E-state index contributed by atoms with van der Waals surface area (Å²) in [5, 5.41) is 20.5.